The predicted molar refractivity (Wildman–Crippen MR) is 68.1 cm³/mol. The van der Waals surface area contributed by atoms with Gasteiger partial charge < -0.3 is 5.32 Å². The number of rotatable bonds is 3. The first-order chi connectivity index (χ1) is 8.86. The lowest BCUT2D eigenvalue weighted by atomic mass is 9.78. The Kier molecular flexibility index (Phi) is 2.66. The normalized spacial score (nSPS) is 16.3. The quantitative estimate of drug-likeness (QED) is 0.886. The van der Waals surface area contributed by atoms with Crippen molar-refractivity contribution < 1.29 is 0 Å². The molecule has 1 atom stereocenters. The molecule has 1 aliphatic carbocycles. The van der Waals surface area contributed by atoms with E-state index in [9.17, 15) is 0 Å². The zero-order valence-electron chi connectivity index (χ0n) is 9.80. The first kappa shape index (κ1) is 10.7. The van der Waals surface area contributed by atoms with Crippen LogP contribution >= 0.6 is 0 Å². The minimum atomic E-state index is 0.342. The summed E-state index contributed by atoms with van der Waals surface area (Å²) >= 11 is 0. The second kappa shape index (κ2) is 4.46. The molecule has 0 bridgehead atoms. The maximum absolute atomic E-state index is 8.63. The highest BCUT2D eigenvalue weighted by atomic mass is 15.0. The summed E-state index contributed by atoms with van der Waals surface area (Å²) in [5.74, 6) is 1.28. The Balaban J connectivity index is 1.61. The van der Waals surface area contributed by atoms with Gasteiger partial charge in [-0.15, -0.1) is 0 Å². The summed E-state index contributed by atoms with van der Waals surface area (Å²) in [5.41, 5.74) is 3.20. The minimum Gasteiger partial charge on any atom is -0.368 e. The van der Waals surface area contributed by atoms with E-state index in [0.29, 0.717) is 11.6 Å². The number of nitriles is 1. The number of nitrogens with zero attached hydrogens (tertiary/aromatic N) is 3. The van der Waals surface area contributed by atoms with Crippen molar-refractivity contribution in [2.75, 3.05) is 11.9 Å². The highest BCUT2D eigenvalue weighted by Gasteiger charge is 2.24. The van der Waals surface area contributed by atoms with E-state index in [0.717, 1.165) is 18.8 Å². The molecule has 1 aromatic carbocycles. The maximum atomic E-state index is 8.63. The second-order valence-corrected chi connectivity index (χ2v) is 4.38. The van der Waals surface area contributed by atoms with Gasteiger partial charge in [0.15, 0.2) is 5.69 Å². The second-order valence-electron chi connectivity index (χ2n) is 4.38. The smallest absolute Gasteiger partial charge is 0.158 e. The first-order valence-corrected chi connectivity index (χ1v) is 5.90. The summed E-state index contributed by atoms with van der Waals surface area (Å²) in [4.78, 5) is 8.12. The molecule has 1 aliphatic rings. The van der Waals surface area contributed by atoms with Gasteiger partial charge >= 0.3 is 0 Å². The van der Waals surface area contributed by atoms with Crippen molar-refractivity contribution in [3.8, 4) is 6.07 Å². The average Bonchev–Trinajstić information content (AvgIpc) is 2.40. The molecule has 1 heterocycles. The molecule has 4 heteroatoms. The van der Waals surface area contributed by atoms with E-state index in [-0.39, 0.29) is 0 Å². The van der Waals surface area contributed by atoms with Crippen LogP contribution in [-0.2, 0) is 6.42 Å². The Morgan fingerprint density at radius 2 is 2.17 bits per heavy atom. The number of aromatic nitrogens is 2. The van der Waals surface area contributed by atoms with Crippen LogP contribution in [0.3, 0.4) is 0 Å². The van der Waals surface area contributed by atoms with Gasteiger partial charge in [-0.1, -0.05) is 24.3 Å². The molecule has 3 rings (SSSR count). The Morgan fingerprint density at radius 3 is 2.89 bits per heavy atom. The summed E-state index contributed by atoms with van der Waals surface area (Å²) in [6.45, 7) is 0.859. The molecule has 18 heavy (non-hydrogen) atoms. The number of nitrogens with one attached hydrogen (secondary N) is 1. The van der Waals surface area contributed by atoms with Gasteiger partial charge in [0, 0.05) is 12.5 Å². The number of fused-ring (bicyclic) bond motifs is 1. The van der Waals surface area contributed by atoms with Crippen molar-refractivity contribution in [3.05, 3.63) is 53.5 Å². The summed E-state index contributed by atoms with van der Waals surface area (Å²) in [5, 5.41) is 11.9. The number of anilines is 1. The largest absolute Gasteiger partial charge is 0.368 e. The standard InChI is InChI=1S/C14H12N4/c15-6-12-8-18-14(9-16-12)17-7-11-5-10-3-1-2-4-13(10)11/h1-4,8-9,11H,5,7H2,(H,17,18). The van der Waals surface area contributed by atoms with Crippen molar-refractivity contribution in [3.63, 3.8) is 0 Å². The van der Waals surface area contributed by atoms with Gasteiger partial charge in [0.25, 0.3) is 0 Å². The molecule has 2 aromatic rings. The molecule has 0 saturated heterocycles. The van der Waals surface area contributed by atoms with E-state index in [2.05, 4.69) is 39.6 Å². The van der Waals surface area contributed by atoms with E-state index in [1.807, 2.05) is 6.07 Å². The predicted octanol–water partition coefficient (Wildman–Crippen LogP) is 2.10. The van der Waals surface area contributed by atoms with Gasteiger partial charge in [-0.25, -0.2) is 9.97 Å². The Morgan fingerprint density at radius 1 is 1.28 bits per heavy atom. The fraction of sp³-hybridized carbons (Fsp3) is 0.214. The number of hydrogen-bond donors (Lipinski definition) is 1. The first-order valence-electron chi connectivity index (χ1n) is 5.90. The van der Waals surface area contributed by atoms with E-state index >= 15 is 0 Å². The fourth-order valence-electron chi connectivity index (χ4n) is 2.25. The zero-order chi connectivity index (χ0) is 12.4. The Bertz CT molecular complexity index is 598. The molecule has 1 N–H and O–H groups in total. The van der Waals surface area contributed by atoms with Crippen LogP contribution in [0, 0.1) is 11.3 Å². The van der Waals surface area contributed by atoms with Gasteiger partial charge in [0.05, 0.1) is 12.4 Å². The van der Waals surface area contributed by atoms with Gasteiger partial charge in [-0.3, -0.25) is 0 Å². The van der Waals surface area contributed by atoms with Crippen molar-refractivity contribution in [2.45, 2.75) is 12.3 Å². The Hall–Kier alpha value is -2.41. The molecule has 0 spiro atoms. The van der Waals surface area contributed by atoms with Crippen LogP contribution in [-0.4, -0.2) is 16.5 Å². The molecule has 1 aromatic heterocycles. The zero-order valence-corrected chi connectivity index (χ0v) is 9.80. The third-order valence-corrected chi connectivity index (χ3v) is 3.26. The molecule has 0 fully saturated rings. The van der Waals surface area contributed by atoms with Crippen LogP contribution in [0.15, 0.2) is 36.7 Å². The molecule has 0 saturated carbocycles. The molecule has 0 radical (unpaired) electrons. The van der Waals surface area contributed by atoms with E-state index in [1.165, 1.54) is 17.3 Å². The monoisotopic (exact) mass is 236 g/mol. The van der Waals surface area contributed by atoms with Crippen LogP contribution in [0.4, 0.5) is 5.82 Å². The third kappa shape index (κ3) is 1.91. The third-order valence-electron chi connectivity index (χ3n) is 3.26. The van der Waals surface area contributed by atoms with Crippen molar-refractivity contribution in [1.29, 1.82) is 5.26 Å². The fourth-order valence-corrected chi connectivity index (χ4v) is 2.25. The molecular weight excluding hydrogens is 224 g/mol. The maximum Gasteiger partial charge on any atom is 0.158 e. The molecule has 1 unspecified atom stereocenters. The van der Waals surface area contributed by atoms with Crippen LogP contribution in [0.5, 0.6) is 0 Å². The highest BCUT2D eigenvalue weighted by Crippen LogP contribution is 2.34. The summed E-state index contributed by atoms with van der Waals surface area (Å²) < 4.78 is 0. The lowest BCUT2D eigenvalue weighted by Gasteiger charge is -2.30. The molecule has 88 valence electrons. The van der Waals surface area contributed by atoms with Gasteiger partial charge in [0.1, 0.15) is 11.9 Å². The van der Waals surface area contributed by atoms with Crippen LogP contribution in [0.1, 0.15) is 22.7 Å². The highest BCUT2D eigenvalue weighted by molar-refractivity contribution is 5.42. The molecule has 4 nitrogen and oxygen atoms in total. The lowest BCUT2D eigenvalue weighted by molar-refractivity contribution is 0.634. The van der Waals surface area contributed by atoms with Crippen LogP contribution < -0.4 is 5.32 Å². The number of benzene rings is 1. The summed E-state index contributed by atoms with van der Waals surface area (Å²) in [6, 6.07) is 10.5. The van der Waals surface area contributed by atoms with Crippen molar-refractivity contribution >= 4 is 5.82 Å². The summed E-state index contributed by atoms with van der Waals surface area (Å²) in [7, 11) is 0. The van der Waals surface area contributed by atoms with Gasteiger partial charge in [-0.2, -0.15) is 5.26 Å². The van der Waals surface area contributed by atoms with Gasteiger partial charge in [0.2, 0.25) is 0 Å². The SMILES string of the molecule is N#Cc1cnc(NCC2Cc3ccccc32)cn1. The van der Waals surface area contributed by atoms with Crippen LogP contribution in [0.2, 0.25) is 0 Å². The number of hydrogen-bond acceptors (Lipinski definition) is 4. The van der Waals surface area contributed by atoms with Crippen LogP contribution in [0.25, 0.3) is 0 Å². The molecule has 0 aliphatic heterocycles. The van der Waals surface area contributed by atoms with Crippen molar-refractivity contribution in [2.24, 2.45) is 0 Å². The summed E-state index contributed by atoms with van der Waals surface area (Å²) in [6.07, 6.45) is 4.20. The lowest BCUT2D eigenvalue weighted by Crippen LogP contribution is -2.24. The molecule has 0 amide bonds. The average molecular weight is 236 g/mol. The van der Waals surface area contributed by atoms with Crippen molar-refractivity contribution in [1.82, 2.24) is 9.97 Å². The van der Waals surface area contributed by atoms with Gasteiger partial charge in [-0.05, 0) is 17.5 Å². The topological polar surface area (TPSA) is 61.6 Å². The Labute approximate surface area is 105 Å². The van der Waals surface area contributed by atoms with E-state index < -0.39 is 0 Å². The minimum absolute atomic E-state index is 0.342. The van der Waals surface area contributed by atoms with E-state index in [4.69, 9.17) is 5.26 Å². The molecular formula is C14H12N4. The van der Waals surface area contributed by atoms with E-state index in [1.54, 1.807) is 6.20 Å².